The largest absolute Gasteiger partial charge is 0.334 e. The lowest BCUT2D eigenvalue weighted by atomic mass is 10.00. The highest BCUT2D eigenvalue weighted by Gasteiger charge is 2.31. The van der Waals surface area contributed by atoms with Crippen molar-refractivity contribution >= 4 is 11.8 Å². The van der Waals surface area contributed by atoms with Crippen LogP contribution >= 0.6 is 0 Å². The van der Waals surface area contributed by atoms with Crippen LogP contribution in [-0.2, 0) is 19.5 Å². The summed E-state index contributed by atoms with van der Waals surface area (Å²) < 4.78 is 1.71. The molecule has 170 valence electrons. The summed E-state index contributed by atoms with van der Waals surface area (Å²) >= 11 is 0. The molecule has 1 aromatic heterocycles. The summed E-state index contributed by atoms with van der Waals surface area (Å²) in [6, 6.07) is 14.3. The predicted molar refractivity (Wildman–Crippen MR) is 125 cm³/mol. The highest BCUT2D eigenvalue weighted by Crippen LogP contribution is 2.24. The second-order valence-electron chi connectivity index (χ2n) is 9.18. The summed E-state index contributed by atoms with van der Waals surface area (Å²) in [5.41, 5.74) is 5.77. The van der Waals surface area contributed by atoms with Crippen molar-refractivity contribution in [3.63, 3.8) is 0 Å². The van der Waals surface area contributed by atoms with E-state index in [0.29, 0.717) is 25.3 Å². The Hall–Kier alpha value is -3.48. The topological polar surface area (TPSA) is 71.3 Å². The van der Waals surface area contributed by atoms with Gasteiger partial charge in [0.2, 0.25) is 0 Å². The highest BCUT2D eigenvalue weighted by atomic mass is 16.2. The summed E-state index contributed by atoms with van der Waals surface area (Å²) in [7, 11) is 0. The molecule has 0 spiro atoms. The summed E-state index contributed by atoms with van der Waals surface area (Å²) in [5.74, 6) is -0.0243. The minimum atomic E-state index is -0.0922. The van der Waals surface area contributed by atoms with Gasteiger partial charge in [0, 0.05) is 25.2 Å². The van der Waals surface area contributed by atoms with Crippen molar-refractivity contribution in [3.05, 3.63) is 82.2 Å². The quantitative estimate of drug-likeness (QED) is 0.620. The van der Waals surface area contributed by atoms with E-state index in [9.17, 15) is 9.59 Å². The van der Waals surface area contributed by atoms with Crippen LogP contribution in [-0.4, -0.2) is 55.7 Å². The van der Waals surface area contributed by atoms with E-state index < -0.39 is 0 Å². The third kappa shape index (κ3) is 4.27. The second-order valence-corrected chi connectivity index (χ2v) is 9.18. The van der Waals surface area contributed by atoms with Gasteiger partial charge in [0.1, 0.15) is 0 Å². The molecular weight excluding hydrogens is 414 g/mol. The first-order chi connectivity index (χ1) is 16.0. The maximum Gasteiger partial charge on any atom is 0.276 e. The number of carbonyl (C=O) groups excluding carboxylic acids is 2. The molecule has 0 bridgehead atoms. The van der Waals surface area contributed by atoms with Crippen molar-refractivity contribution in [2.24, 2.45) is 0 Å². The number of nitrogens with zero attached hydrogens (tertiary/aromatic N) is 5. The fourth-order valence-electron chi connectivity index (χ4n) is 5.03. The number of hydrogen-bond acceptors (Lipinski definition) is 4. The van der Waals surface area contributed by atoms with Gasteiger partial charge in [0.25, 0.3) is 11.8 Å². The van der Waals surface area contributed by atoms with Crippen LogP contribution in [0.4, 0.5) is 0 Å². The van der Waals surface area contributed by atoms with Crippen molar-refractivity contribution in [1.29, 1.82) is 0 Å². The van der Waals surface area contributed by atoms with Crippen molar-refractivity contribution < 1.29 is 9.59 Å². The van der Waals surface area contributed by atoms with E-state index >= 15 is 0 Å². The lowest BCUT2D eigenvalue weighted by Crippen LogP contribution is -2.38. The molecule has 1 saturated heterocycles. The van der Waals surface area contributed by atoms with E-state index in [1.54, 1.807) is 10.9 Å². The Morgan fingerprint density at radius 2 is 1.85 bits per heavy atom. The van der Waals surface area contributed by atoms with E-state index in [0.717, 1.165) is 42.5 Å². The van der Waals surface area contributed by atoms with Crippen molar-refractivity contribution in [1.82, 2.24) is 24.8 Å². The molecule has 1 fully saturated rings. The standard InChI is InChI=1S/C26H29N5O2/c1-18-9-10-23(19(2)14-18)25(32)31-12-5-8-22(31)16-30-17-24(27-28-30)26(33)29-13-11-20-6-3-4-7-21(20)15-29/h3-4,6-7,9-10,14,17,22H,5,8,11-13,15-16H2,1-2H3. The van der Waals surface area contributed by atoms with E-state index in [1.165, 1.54) is 11.1 Å². The molecule has 2 aliphatic heterocycles. The first-order valence-electron chi connectivity index (χ1n) is 11.6. The minimum absolute atomic E-state index is 0.0460. The molecule has 33 heavy (non-hydrogen) atoms. The molecular formula is C26H29N5O2. The monoisotopic (exact) mass is 443 g/mol. The molecule has 2 amide bonds. The molecule has 1 atom stereocenters. The van der Waals surface area contributed by atoms with Crippen LogP contribution in [0.2, 0.25) is 0 Å². The summed E-state index contributed by atoms with van der Waals surface area (Å²) in [6.45, 7) is 6.59. The van der Waals surface area contributed by atoms with Crippen molar-refractivity contribution in [2.45, 2.75) is 52.2 Å². The van der Waals surface area contributed by atoms with Crippen LogP contribution in [0, 0.1) is 13.8 Å². The number of amides is 2. The first kappa shape index (κ1) is 21.4. The number of likely N-dealkylation sites (tertiary alicyclic amines) is 1. The van der Waals surface area contributed by atoms with Gasteiger partial charge in [-0.15, -0.1) is 5.10 Å². The van der Waals surface area contributed by atoms with Gasteiger partial charge in [-0.05, 0) is 55.9 Å². The zero-order valence-corrected chi connectivity index (χ0v) is 19.2. The molecule has 3 heterocycles. The van der Waals surface area contributed by atoms with E-state index in [1.807, 2.05) is 54.0 Å². The van der Waals surface area contributed by atoms with Gasteiger partial charge in [-0.2, -0.15) is 0 Å². The number of aryl methyl sites for hydroxylation is 2. The maximum atomic E-state index is 13.2. The van der Waals surface area contributed by atoms with E-state index in [2.05, 4.69) is 22.4 Å². The van der Waals surface area contributed by atoms with Gasteiger partial charge in [-0.3, -0.25) is 9.59 Å². The van der Waals surface area contributed by atoms with Gasteiger partial charge in [-0.25, -0.2) is 4.68 Å². The molecule has 3 aromatic rings. The smallest absolute Gasteiger partial charge is 0.276 e. The van der Waals surface area contributed by atoms with Gasteiger partial charge in [-0.1, -0.05) is 47.2 Å². The summed E-state index contributed by atoms with van der Waals surface area (Å²) in [4.78, 5) is 30.0. The normalized spacial score (nSPS) is 17.8. The fraction of sp³-hybridized carbons (Fsp3) is 0.385. The van der Waals surface area contributed by atoms with Gasteiger partial charge < -0.3 is 9.80 Å². The first-order valence-corrected chi connectivity index (χ1v) is 11.6. The lowest BCUT2D eigenvalue weighted by Gasteiger charge is -2.28. The zero-order valence-electron chi connectivity index (χ0n) is 19.2. The van der Waals surface area contributed by atoms with Crippen molar-refractivity contribution in [3.8, 4) is 0 Å². The van der Waals surface area contributed by atoms with Gasteiger partial charge >= 0.3 is 0 Å². The second kappa shape index (κ2) is 8.81. The molecule has 2 aromatic carbocycles. The van der Waals surface area contributed by atoms with Crippen LogP contribution in [0.5, 0.6) is 0 Å². The predicted octanol–water partition coefficient (Wildman–Crippen LogP) is 3.40. The van der Waals surface area contributed by atoms with Gasteiger partial charge in [0.15, 0.2) is 5.69 Å². The molecule has 2 aliphatic rings. The van der Waals surface area contributed by atoms with Crippen LogP contribution in [0.1, 0.15) is 55.9 Å². The van der Waals surface area contributed by atoms with Crippen LogP contribution < -0.4 is 0 Å². The Bertz CT molecular complexity index is 1200. The molecule has 1 unspecified atom stereocenters. The van der Waals surface area contributed by atoms with E-state index in [4.69, 9.17) is 0 Å². The average Bonchev–Trinajstić information content (AvgIpc) is 3.48. The number of carbonyl (C=O) groups is 2. The summed E-state index contributed by atoms with van der Waals surface area (Å²) in [6.07, 6.45) is 4.46. The zero-order chi connectivity index (χ0) is 22.9. The maximum absolute atomic E-state index is 13.2. The fourth-order valence-corrected chi connectivity index (χ4v) is 5.03. The molecule has 7 heteroatoms. The number of hydrogen-bond donors (Lipinski definition) is 0. The molecule has 0 radical (unpaired) electrons. The Morgan fingerprint density at radius 3 is 2.67 bits per heavy atom. The Labute approximate surface area is 194 Å². The third-order valence-electron chi connectivity index (χ3n) is 6.82. The Kier molecular flexibility index (Phi) is 5.70. The highest BCUT2D eigenvalue weighted by molar-refractivity contribution is 5.96. The van der Waals surface area contributed by atoms with Crippen LogP contribution in [0.3, 0.4) is 0 Å². The molecule has 5 rings (SSSR count). The molecule has 0 saturated carbocycles. The number of rotatable bonds is 4. The van der Waals surface area contributed by atoms with Gasteiger partial charge in [0.05, 0.1) is 18.8 Å². The number of benzene rings is 2. The Balaban J connectivity index is 1.26. The summed E-state index contributed by atoms with van der Waals surface area (Å²) in [5, 5.41) is 8.38. The lowest BCUT2D eigenvalue weighted by molar-refractivity contribution is 0.0714. The SMILES string of the molecule is Cc1ccc(C(=O)N2CCCC2Cn2cc(C(=O)N3CCc4ccccc4C3)nn2)c(C)c1. The van der Waals surface area contributed by atoms with Crippen LogP contribution in [0.15, 0.2) is 48.7 Å². The Morgan fingerprint density at radius 1 is 1.03 bits per heavy atom. The average molecular weight is 444 g/mol. The van der Waals surface area contributed by atoms with Crippen molar-refractivity contribution in [2.75, 3.05) is 13.1 Å². The minimum Gasteiger partial charge on any atom is -0.334 e. The number of aromatic nitrogens is 3. The van der Waals surface area contributed by atoms with E-state index in [-0.39, 0.29) is 17.9 Å². The molecule has 0 N–H and O–H groups in total. The number of fused-ring (bicyclic) bond motifs is 1. The third-order valence-corrected chi connectivity index (χ3v) is 6.82. The van der Waals surface area contributed by atoms with Crippen LogP contribution in [0.25, 0.3) is 0 Å². The molecule has 0 aliphatic carbocycles. The molecule has 7 nitrogen and oxygen atoms in total.